The maximum absolute atomic E-state index is 13.6. The Kier molecular flexibility index (Phi) is 7.35. The first-order valence-electron chi connectivity index (χ1n) is 12.6. The Bertz CT molecular complexity index is 1460. The van der Waals surface area contributed by atoms with Crippen LogP contribution in [0, 0.1) is 12.7 Å². The molecule has 3 heterocycles. The molecular weight excluding hydrogens is 485 g/mol. The third-order valence-corrected chi connectivity index (χ3v) is 6.41. The first kappa shape index (κ1) is 27.0. The van der Waals surface area contributed by atoms with Gasteiger partial charge >= 0.3 is 0 Å². The first-order valence-corrected chi connectivity index (χ1v) is 12.6. The number of aryl methyl sites for hydroxylation is 1. The van der Waals surface area contributed by atoms with Gasteiger partial charge in [0, 0.05) is 49.2 Å². The summed E-state index contributed by atoms with van der Waals surface area (Å²) in [5.41, 5.74) is 3.73. The van der Waals surface area contributed by atoms with Gasteiger partial charge in [0.25, 0.3) is 11.8 Å². The quantitative estimate of drug-likeness (QED) is 0.388. The molecule has 0 bridgehead atoms. The van der Waals surface area contributed by atoms with Crippen LogP contribution in [0.25, 0.3) is 16.9 Å². The maximum atomic E-state index is 13.6. The Labute approximate surface area is 221 Å². The van der Waals surface area contributed by atoms with Crippen LogP contribution in [0.3, 0.4) is 0 Å². The van der Waals surface area contributed by atoms with Crippen LogP contribution in [0.4, 0.5) is 4.39 Å². The van der Waals surface area contributed by atoms with Crippen LogP contribution >= 0.6 is 0 Å². The van der Waals surface area contributed by atoms with Crippen molar-refractivity contribution in [2.45, 2.75) is 53.0 Å². The highest BCUT2D eigenvalue weighted by molar-refractivity contribution is 5.93. The summed E-state index contributed by atoms with van der Waals surface area (Å²) in [6.45, 7) is 12.6. The molecule has 0 fully saturated rings. The molecule has 4 rings (SSSR count). The zero-order valence-corrected chi connectivity index (χ0v) is 22.9. The molecule has 0 saturated carbocycles. The Balaban J connectivity index is 1.63. The highest BCUT2D eigenvalue weighted by Gasteiger charge is 2.27. The summed E-state index contributed by atoms with van der Waals surface area (Å²) >= 11 is 0. The number of carbonyl (C=O) groups excluding carboxylic acids is 2. The molecule has 3 aromatic heterocycles. The van der Waals surface area contributed by atoms with Gasteiger partial charge in [0.1, 0.15) is 11.5 Å². The smallest absolute Gasteiger partial charge is 0.289 e. The standard InChI is InChI=1S/C28H34FN7O2/c1-17(2)35(13-12-34(7)27(38)24-30-15-18(3)31-24)26(37)23-16-36-25(32-23)21(28(4,5)6)14-22(33-36)19-8-10-20(29)11-9-19/h8-11,14-17H,12-13H2,1-7H3,(H,30,31). The van der Waals surface area contributed by atoms with E-state index in [9.17, 15) is 14.0 Å². The number of hydrogen-bond donors (Lipinski definition) is 1. The lowest BCUT2D eigenvalue weighted by Gasteiger charge is -2.28. The van der Waals surface area contributed by atoms with E-state index in [1.54, 1.807) is 45.9 Å². The topological polar surface area (TPSA) is 99.5 Å². The number of hydrogen-bond acceptors (Lipinski definition) is 5. The van der Waals surface area contributed by atoms with E-state index in [1.165, 1.54) is 12.1 Å². The van der Waals surface area contributed by atoms with E-state index in [0.29, 0.717) is 24.4 Å². The van der Waals surface area contributed by atoms with Crippen LogP contribution in [0.1, 0.15) is 67.0 Å². The third kappa shape index (κ3) is 5.58. The summed E-state index contributed by atoms with van der Waals surface area (Å²) in [4.78, 5) is 41.3. The third-order valence-electron chi connectivity index (χ3n) is 6.41. The van der Waals surface area contributed by atoms with Crippen LogP contribution in [0.2, 0.25) is 0 Å². The normalized spacial score (nSPS) is 11.8. The molecule has 0 aliphatic carbocycles. The molecule has 0 radical (unpaired) electrons. The molecule has 38 heavy (non-hydrogen) atoms. The van der Waals surface area contributed by atoms with Gasteiger partial charge in [0.15, 0.2) is 11.5 Å². The number of imidazole rings is 2. The fraction of sp³-hybridized carbons (Fsp3) is 0.393. The van der Waals surface area contributed by atoms with E-state index >= 15 is 0 Å². The molecule has 1 aromatic carbocycles. The summed E-state index contributed by atoms with van der Waals surface area (Å²) in [5, 5.41) is 4.69. The van der Waals surface area contributed by atoms with Gasteiger partial charge in [-0.25, -0.2) is 18.9 Å². The summed E-state index contributed by atoms with van der Waals surface area (Å²) < 4.78 is 15.1. The summed E-state index contributed by atoms with van der Waals surface area (Å²) in [6, 6.07) is 7.99. The second-order valence-corrected chi connectivity index (χ2v) is 10.8. The Morgan fingerprint density at radius 2 is 1.79 bits per heavy atom. The minimum Gasteiger partial charge on any atom is -0.338 e. The van der Waals surface area contributed by atoms with E-state index in [-0.39, 0.29) is 40.6 Å². The van der Waals surface area contributed by atoms with Gasteiger partial charge in [-0.1, -0.05) is 20.8 Å². The average molecular weight is 520 g/mol. The minimum atomic E-state index is -0.318. The number of H-pyrrole nitrogens is 1. The molecule has 0 unspecified atom stereocenters. The lowest BCUT2D eigenvalue weighted by molar-refractivity contribution is 0.0639. The van der Waals surface area contributed by atoms with E-state index in [1.807, 2.05) is 26.8 Å². The van der Waals surface area contributed by atoms with Crippen LogP contribution in [-0.4, -0.2) is 72.4 Å². The van der Waals surface area contributed by atoms with Crippen LogP contribution in [-0.2, 0) is 5.41 Å². The van der Waals surface area contributed by atoms with Crippen LogP contribution in [0.15, 0.2) is 42.7 Å². The number of nitrogens with zero attached hydrogens (tertiary/aromatic N) is 6. The largest absolute Gasteiger partial charge is 0.338 e. The molecule has 0 aliphatic rings. The lowest BCUT2D eigenvalue weighted by Crippen LogP contribution is -2.43. The molecule has 1 N–H and O–H groups in total. The number of benzene rings is 1. The number of rotatable bonds is 7. The highest BCUT2D eigenvalue weighted by atomic mass is 19.1. The molecule has 0 spiro atoms. The number of aromatic amines is 1. The number of nitrogens with one attached hydrogen (secondary N) is 1. The van der Waals surface area contributed by atoms with Crippen molar-refractivity contribution in [2.24, 2.45) is 0 Å². The van der Waals surface area contributed by atoms with Crippen LogP contribution < -0.4 is 0 Å². The number of fused-ring (bicyclic) bond motifs is 1. The van der Waals surface area contributed by atoms with Crippen molar-refractivity contribution in [1.29, 1.82) is 0 Å². The van der Waals surface area contributed by atoms with Crippen molar-refractivity contribution in [3.05, 3.63) is 71.3 Å². The van der Waals surface area contributed by atoms with Gasteiger partial charge in [-0.3, -0.25) is 9.59 Å². The minimum absolute atomic E-state index is 0.119. The lowest BCUT2D eigenvalue weighted by atomic mass is 9.87. The number of carbonyl (C=O) groups is 2. The molecule has 0 saturated heterocycles. The van der Waals surface area contributed by atoms with Gasteiger partial charge in [-0.2, -0.15) is 5.10 Å². The van der Waals surface area contributed by atoms with E-state index in [0.717, 1.165) is 16.8 Å². The summed E-state index contributed by atoms with van der Waals surface area (Å²) in [6.07, 6.45) is 3.24. The van der Waals surface area contributed by atoms with Crippen molar-refractivity contribution >= 4 is 17.5 Å². The van der Waals surface area contributed by atoms with Gasteiger partial charge in [0.2, 0.25) is 0 Å². The second-order valence-electron chi connectivity index (χ2n) is 10.8. The second kappa shape index (κ2) is 10.4. The monoisotopic (exact) mass is 519 g/mol. The Hall–Kier alpha value is -4.08. The number of aromatic nitrogens is 5. The molecule has 2 amide bonds. The van der Waals surface area contributed by atoms with Crippen molar-refractivity contribution in [1.82, 2.24) is 34.4 Å². The van der Waals surface area contributed by atoms with Crippen LogP contribution in [0.5, 0.6) is 0 Å². The first-order chi connectivity index (χ1) is 17.8. The molecular formula is C28H34FN7O2. The predicted molar refractivity (Wildman–Crippen MR) is 144 cm³/mol. The average Bonchev–Trinajstić information content (AvgIpc) is 3.48. The summed E-state index contributed by atoms with van der Waals surface area (Å²) in [7, 11) is 1.69. The Morgan fingerprint density at radius 1 is 1.11 bits per heavy atom. The van der Waals surface area contributed by atoms with Crippen molar-refractivity contribution in [2.75, 3.05) is 20.1 Å². The van der Waals surface area contributed by atoms with E-state index in [2.05, 4.69) is 35.8 Å². The van der Waals surface area contributed by atoms with Gasteiger partial charge in [-0.15, -0.1) is 0 Å². The SMILES string of the molecule is Cc1cnc(C(=O)N(C)CCN(C(=O)c2cn3nc(-c4ccc(F)cc4)cc(C(C)(C)C)c3n2)C(C)C)[nH]1. The zero-order chi connectivity index (χ0) is 27.8. The van der Waals surface area contributed by atoms with E-state index < -0.39 is 0 Å². The maximum Gasteiger partial charge on any atom is 0.289 e. The van der Waals surface area contributed by atoms with Crippen molar-refractivity contribution in [3.8, 4) is 11.3 Å². The molecule has 0 aliphatic heterocycles. The van der Waals surface area contributed by atoms with E-state index in [4.69, 9.17) is 4.98 Å². The zero-order valence-electron chi connectivity index (χ0n) is 22.9. The molecule has 200 valence electrons. The molecule has 0 atom stereocenters. The predicted octanol–water partition coefficient (Wildman–Crippen LogP) is 4.49. The van der Waals surface area contributed by atoms with Crippen molar-refractivity contribution < 1.29 is 14.0 Å². The van der Waals surface area contributed by atoms with Gasteiger partial charge in [0.05, 0.1) is 11.9 Å². The molecule has 9 nitrogen and oxygen atoms in total. The molecule has 4 aromatic rings. The highest BCUT2D eigenvalue weighted by Crippen LogP contribution is 2.30. The number of amides is 2. The van der Waals surface area contributed by atoms with Gasteiger partial charge in [-0.05, 0) is 56.5 Å². The Morgan fingerprint density at radius 3 is 2.37 bits per heavy atom. The van der Waals surface area contributed by atoms with Gasteiger partial charge < -0.3 is 14.8 Å². The summed E-state index contributed by atoms with van der Waals surface area (Å²) in [5.74, 6) is -0.537. The number of halogens is 1. The molecule has 10 heteroatoms. The number of likely N-dealkylation sites (N-methyl/N-ethyl adjacent to an activating group) is 1. The van der Waals surface area contributed by atoms with Crippen molar-refractivity contribution in [3.63, 3.8) is 0 Å². The fourth-order valence-corrected chi connectivity index (χ4v) is 4.20. The fourth-order valence-electron chi connectivity index (χ4n) is 4.20.